The lowest BCUT2D eigenvalue weighted by atomic mass is 9.33. The average molecular weight is 647 g/mol. The van der Waals surface area contributed by atoms with E-state index >= 15 is 0 Å². The predicted molar refractivity (Wildman–Crippen MR) is 176 cm³/mol. The molecule has 10 atom stereocenters. The van der Waals surface area contributed by atoms with Gasteiger partial charge in [-0.1, -0.05) is 70.0 Å². The molecule has 1 aliphatic heterocycles. The van der Waals surface area contributed by atoms with E-state index in [2.05, 4.69) is 82.4 Å². The van der Waals surface area contributed by atoms with Gasteiger partial charge < -0.3 is 10.0 Å². The van der Waals surface area contributed by atoms with E-state index in [-0.39, 0.29) is 44.5 Å². The summed E-state index contributed by atoms with van der Waals surface area (Å²) in [5.41, 5.74) is 0.948. The van der Waals surface area contributed by atoms with Gasteiger partial charge in [0, 0.05) is 23.8 Å². The number of aliphatic hydroxyl groups excluding tert-OH is 1. The largest absolute Gasteiger partial charge is 0.393 e. The van der Waals surface area contributed by atoms with E-state index < -0.39 is 0 Å². The molecule has 42 heavy (non-hydrogen) atoms. The van der Waals surface area contributed by atoms with Crippen LogP contribution in [0, 0.1) is 50.2 Å². The van der Waals surface area contributed by atoms with Gasteiger partial charge in [0.25, 0.3) is 0 Å². The lowest BCUT2D eigenvalue weighted by Crippen LogP contribution is -2.66. The molecule has 4 saturated carbocycles. The van der Waals surface area contributed by atoms with Crippen LogP contribution in [0.5, 0.6) is 0 Å². The van der Waals surface area contributed by atoms with Gasteiger partial charge in [0.2, 0.25) is 0 Å². The third-order valence-corrected chi connectivity index (χ3v) is 15.3. The van der Waals surface area contributed by atoms with Crippen molar-refractivity contribution in [3.8, 4) is 0 Å². The molecule has 0 aromatic heterocycles. The van der Waals surface area contributed by atoms with Crippen molar-refractivity contribution >= 4 is 27.5 Å². The van der Waals surface area contributed by atoms with E-state index in [1.165, 1.54) is 18.4 Å². The molecule has 238 valence electrons. The minimum atomic E-state index is -0.291. The zero-order chi connectivity index (χ0) is 31.1. The topological polar surface area (TPSA) is 57.6 Å². The Balaban J connectivity index is 0.00000173. The number of aliphatic hydroxyl groups is 1. The minimum absolute atomic E-state index is 0.0122. The van der Waals surface area contributed by atoms with E-state index in [0.717, 1.165) is 64.3 Å². The molecule has 6 rings (SSSR count). The van der Waals surface area contributed by atoms with E-state index in [9.17, 15) is 14.7 Å². The van der Waals surface area contributed by atoms with Crippen molar-refractivity contribution in [2.24, 2.45) is 50.2 Å². The number of Topliss-reactive ketones (excluding diaryl/α,β-unsaturated/α-hetero) is 1. The molecular weight excluding hydrogens is 586 g/mol. The number of ketones is 2. The molecule has 5 fully saturated rings. The maximum absolute atomic E-state index is 14.5. The van der Waals surface area contributed by atoms with Gasteiger partial charge in [-0.25, -0.2) is 0 Å². The number of fused-ring (bicyclic) bond motifs is 7. The van der Waals surface area contributed by atoms with Gasteiger partial charge >= 0.3 is 0 Å². The van der Waals surface area contributed by atoms with Crippen molar-refractivity contribution in [2.45, 2.75) is 138 Å². The summed E-state index contributed by atoms with van der Waals surface area (Å²) < 4.78 is 0. The molecule has 6 aliphatic rings. The first kappa shape index (κ1) is 32.9. The number of carbonyl (C=O) groups is 2. The number of alkyl halides is 1. The number of hydrogen-bond donors (Lipinski definition) is 1. The highest BCUT2D eigenvalue weighted by Gasteiger charge is 2.70. The van der Waals surface area contributed by atoms with Crippen molar-refractivity contribution in [3.63, 3.8) is 0 Å². The Labute approximate surface area is 265 Å². The van der Waals surface area contributed by atoms with Gasteiger partial charge in [0.1, 0.15) is 5.78 Å². The lowest BCUT2D eigenvalue weighted by Gasteiger charge is -2.70. The van der Waals surface area contributed by atoms with Gasteiger partial charge in [-0.2, -0.15) is 0 Å². The number of likely N-dealkylation sites (tertiary alicyclic amines) is 1. The van der Waals surface area contributed by atoms with Crippen molar-refractivity contribution in [2.75, 3.05) is 19.4 Å². The Morgan fingerprint density at radius 2 is 1.62 bits per heavy atom. The summed E-state index contributed by atoms with van der Waals surface area (Å²) in [5.74, 6) is 3.31. The van der Waals surface area contributed by atoms with E-state index in [1.807, 2.05) is 5.83 Å². The fraction of sp³-hybridized carbons (Fsp3) is 0.892. The molecule has 0 aromatic rings. The van der Waals surface area contributed by atoms with Crippen LogP contribution in [0.15, 0.2) is 11.6 Å². The maximum atomic E-state index is 14.5. The smallest absolute Gasteiger partial charge is 0.159 e. The fourth-order valence-corrected chi connectivity index (χ4v) is 12.1. The summed E-state index contributed by atoms with van der Waals surface area (Å²) in [7, 11) is 2.18. The van der Waals surface area contributed by atoms with Crippen molar-refractivity contribution in [1.29, 1.82) is 0 Å². The second-order valence-electron chi connectivity index (χ2n) is 17.5. The highest BCUT2D eigenvalue weighted by molar-refractivity contribution is 9.08. The second kappa shape index (κ2) is 10.8. The van der Waals surface area contributed by atoms with Crippen LogP contribution in [0.2, 0.25) is 0 Å². The predicted octanol–water partition coefficient (Wildman–Crippen LogP) is 8.39. The number of allylic oxidation sites excluding steroid dienone is 2. The van der Waals surface area contributed by atoms with E-state index in [4.69, 9.17) is 0 Å². The summed E-state index contributed by atoms with van der Waals surface area (Å²) in [5, 5.41) is 11.0. The molecule has 0 radical (unpaired) electrons. The first-order valence-electron chi connectivity index (χ1n) is 17.1. The number of rotatable bonds is 3. The fourth-order valence-electron chi connectivity index (χ4n) is 12.1. The molecule has 3 unspecified atom stereocenters. The third-order valence-electron chi connectivity index (χ3n) is 15.3. The van der Waals surface area contributed by atoms with Crippen LogP contribution in [0.1, 0.15) is 126 Å². The quantitative estimate of drug-likeness (QED) is 0.313. The van der Waals surface area contributed by atoms with Crippen LogP contribution in [0.4, 0.5) is 0 Å². The number of nitrogens with zero attached hydrogens (tertiary/aromatic N) is 1. The number of hydrogen-bond acceptors (Lipinski definition) is 4. The molecule has 0 amide bonds. The van der Waals surface area contributed by atoms with Crippen LogP contribution in [0.25, 0.3) is 0 Å². The summed E-state index contributed by atoms with van der Waals surface area (Å²) in [4.78, 5) is 30.8. The molecule has 0 aromatic carbocycles. The standard InChI is InChI=1S/C36H57NO3.CH3Br/c1-31(2)27-11-14-36(7)30(34(27,5)13-12-28(31)39)26(38)21-24-25-22-33(4,29(40)20-23-10-9-19-37(23)8)16-15-32(25,3)17-18-35(24,36)6;1-2/h21,23,25,27-28,30,39H,9-20,22H2,1-8H3;1H3/t23?,25-,27?,28+,30?,32-,33+,34+,35-,36-;/m1./s1. The molecule has 0 bridgehead atoms. The Bertz CT molecular complexity index is 1130. The van der Waals surface area contributed by atoms with Gasteiger partial charge in [-0.15, -0.1) is 0 Å². The van der Waals surface area contributed by atoms with Crippen molar-refractivity contribution < 1.29 is 14.7 Å². The Kier molecular flexibility index (Phi) is 8.44. The van der Waals surface area contributed by atoms with Gasteiger partial charge in [-0.05, 0) is 135 Å². The van der Waals surface area contributed by atoms with Crippen LogP contribution in [0.3, 0.4) is 0 Å². The van der Waals surface area contributed by atoms with E-state index in [1.54, 1.807) is 0 Å². The maximum Gasteiger partial charge on any atom is 0.159 e. The molecule has 5 heteroatoms. The van der Waals surface area contributed by atoms with Crippen molar-refractivity contribution in [3.05, 3.63) is 11.6 Å². The normalized spacial score (nSPS) is 49.8. The number of halogens is 1. The second-order valence-corrected chi connectivity index (χ2v) is 17.5. The molecule has 5 aliphatic carbocycles. The monoisotopic (exact) mass is 645 g/mol. The molecule has 0 spiro atoms. The van der Waals surface area contributed by atoms with Gasteiger partial charge in [0.15, 0.2) is 5.78 Å². The lowest BCUT2D eigenvalue weighted by molar-refractivity contribution is -0.202. The van der Waals surface area contributed by atoms with Gasteiger partial charge in [-0.3, -0.25) is 9.59 Å². The summed E-state index contributed by atoms with van der Waals surface area (Å²) >= 11 is 2.94. The van der Waals surface area contributed by atoms with Crippen molar-refractivity contribution in [1.82, 2.24) is 4.90 Å². The highest BCUT2D eigenvalue weighted by Crippen LogP contribution is 2.75. The number of carbonyl (C=O) groups excluding carboxylic acids is 2. The Hall–Kier alpha value is -0.520. The summed E-state index contributed by atoms with van der Waals surface area (Å²) in [6, 6.07) is 0.401. The molecule has 4 nitrogen and oxygen atoms in total. The zero-order valence-corrected chi connectivity index (χ0v) is 29.8. The Morgan fingerprint density at radius 1 is 0.952 bits per heavy atom. The molecule has 1 heterocycles. The third kappa shape index (κ3) is 4.54. The zero-order valence-electron chi connectivity index (χ0n) is 28.2. The molecule has 1 saturated heterocycles. The SMILES string of the molecule is CBr.CN1CCCC1CC(=O)[C@@]1(C)CC[C@]2(C)CC[C@]3(C)C(=CC(=O)C4[C@@]5(C)CC[C@H](O)C(C)(C)C5CC[C@]43C)[C@H]2C1. The first-order valence-corrected chi connectivity index (χ1v) is 18.7. The molecule has 1 N–H and O–H groups in total. The first-order chi connectivity index (χ1) is 19.5. The molecular formula is C37H60BrNO3. The van der Waals surface area contributed by atoms with Crippen LogP contribution < -0.4 is 0 Å². The average Bonchev–Trinajstić information content (AvgIpc) is 3.33. The van der Waals surface area contributed by atoms with Gasteiger partial charge in [0.05, 0.1) is 6.10 Å². The Morgan fingerprint density at radius 3 is 2.26 bits per heavy atom. The van der Waals surface area contributed by atoms with E-state index in [0.29, 0.717) is 35.9 Å². The van der Waals surface area contributed by atoms with Crippen LogP contribution >= 0.6 is 15.9 Å². The van der Waals surface area contributed by atoms with Crippen LogP contribution in [-0.2, 0) is 9.59 Å². The van der Waals surface area contributed by atoms with Crippen LogP contribution in [-0.4, -0.2) is 53.1 Å². The summed E-state index contributed by atoms with van der Waals surface area (Å²) in [6.07, 6.45) is 14.1. The minimum Gasteiger partial charge on any atom is -0.393 e. The highest BCUT2D eigenvalue weighted by atomic mass is 79.9. The summed E-state index contributed by atoms with van der Waals surface area (Å²) in [6.45, 7) is 17.7.